The number of aromatic nitrogens is 2. The average Bonchev–Trinajstić information content (AvgIpc) is 3.48. The first-order chi connectivity index (χ1) is 21.1. The largest absolute Gasteiger partial charge is 0.330 e. The Bertz CT molecular complexity index is 1600. The minimum absolute atomic E-state index is 0.167. The van der Waals surface area contributed by atoms with E-state index in [9.17, 15) is 9.59 Å². The number of urea groups is 1. The summed E-state index contributed by atoms with van der Waals surface area (Å²) in [5, 5.41) is 10.3. The fraction of sp³-hybridized carbons (Fsp3) is 0.265. The summed E-state index contributed by atoms with van der Waals surface area (Å²) in [6, 6.07) is 19.3. The number of carbonyl (C=O) groups is 2. The van der Waals surface area contributed by atoms with Gasteiger partial charge >= 0.3 is 6.03 Å². The molecule has 0 radical (unpaired) electrons. The maximum absolute atomic E-state index is 13.0. The van der Waals surface area contributed by atoms with E-state index in [2.05, 4.69) is 27.4 Å². The smallest absolute Gasteiger partial charge is 0.322 e. The molecule has 9 heteroatoms. The van der Waals surface area contributed by atoms with Gasteiger partial charge in [-0.1, -0.05) is 43.2 Å². The van der Waals surface area contributed by atoms with Crippen molar-refractivity contribution >= 4 is 40.3 Å². The number of benzene rings is 2. The zero-order valence-electron chi connectivity index (χ0n) is 24.4. The Morgan fingerprint density at radius 2 is 1.81 bits per heavy atom. The predicted molar refractivity (Wildman–Crippen MR) is 171 cm³/mol. The van der Waals surface area contributed by atoms with E-state index in [1.165, 1.54) is 5.01 Å². The number of pyridine rings is 2. The molecule has 0 spiro atoms. The molecule has 0 bridgehead atoms. The Morgan fingerprint density at radius 1 is 1.00 bits per heavy atom. The number of hydrogen-bond donors (Lipinski definition) is 2. The highest BCUT2D eigenvalue weighted by Crippen LogP contribution is 2.25. The highest BCUT2D eigenvalue weighted by atomic mass is 16.2. The van der Waals surface area contributed by atoms with E-state index < -0.39 is 0 Å². The van der Waals surface area contributed by atoms with Gasteiger partial charge in [-0.25, -0.2) is 9.80 Å². The lowest BCUT2D eigenvalue weighted by molar-refractivity contribution is -0.118. The van der Waals surface area contributed by atoms with Crippen LogP contribution in [0, 0.1) is 0 Å². The number of carbonyl (C=O) groups excluding carboxylic acids is 2. The van der Waals surface area contributed by atoms with Crippen molar-refractivity contribution in [1.82, 2.24) is 19.9 Å². The van der Waals surface area contributed by atoms with Crippen LogP contribution in [0.2, 0.25) is 0 Å². The second kappa shape index (κ2) is 14.3. The Labute approximate surface area is 252 Å². The number of nitrogens with one attached hydrogen (secondary N) is 1. The molecule has 4 aromatic rings. The lowest BCUT2D eigenvalue weighted by Crippen LogP contribution is -2.30. The number of unbranched alkanes of at least 4 members (excludes halogenated alkanes) is 3. The quantitative estimate of drug-likeness (QED) is 0.0935. The van der Waals surface area contributed by atoms with Crippen LogP contribution >= 0.6 is 0 Å². The van der Waals surface area contributed by atoms with Gasteiger partial charge in [0.25, 0.3) is 0 Å². The summed E-state index contributed by atoms with van der Waals surface area (Å²) in [7, 11) is 0. The molecule has 0 fully saturated rings. The third kappa shape index (κ3) is 7.50. The van der Waals surface area contributed by atoms with Crippen molar-refractivity contribution in [2.45, 2.75) is 45.7 Å². The van der Waals surface area contributed by atoms with Crippen molar-refractivity contribution < 1.29 is 9.59 Å². The lowest BCUT2D eigenvalue weighted by atomic mass is 9.99. The predicted octanol–water partition coefficient (Wildman–Crippen LogP) is 5.96. The van der Waals surface area contributed by atoms with Gasteiger partial charge in [0, 0.05) is 54.9 Å². The zero-order chi connectivity index (χ0) is 30.0. The summed E-state index contributed by atoms with van der Waals surface area (Å²) in [4.78, 5) is 35.4. The van der Waals surface area contributed by atoms with Crippen molar-refractivity contribution in [3.05, 3.63) is 108 Å². The van der Waals surface area contributed by atoms with E-state index in [0.717, 1.165) is 70.8 Å². The van der Waals surface area contributed by atoms with Crippen molar-refractivity contribution in [2.75, 3.05) is 18.4 Å². The van der Waals surface area contributed by atoms with Crippen LogP contribution in [-0.4, -0.2) is 51.1 Å². The van der Waals surface area contributed by atoms with Crippen molar-refractivity contribution in [2.24, 2.45) is 10.8 Å². The number of anilines is 1. The van der Waals surface area contributed by atoms with Gasteiger partial charge in [0.15, 0.2) is 0 Å². The van der Waals surface area contributed by atoms with Gasteiger partial charge in [-0.15, -0.1) is 0 Å². The molecule has 3 amide bonds. The molecule has 5 rings (SSSR count). The molecule has 0 saturated carbocycles. The van der Waals surface area contributed by atoms with Crippen molar-refractivity contribution in [3.63, 3.8) is 0 Å². The van der Waals surface area contributed by atoms with E-state index in [0.29, 0.717) is 37.6 Å². The fourth-order valence-corrected chi connectivity index (χ4v) is 5.23. The van der Waals surface area contributed by atoms with Gasteiger partial charge < -0.3 is 16.0 Å². The molecular weight excluding hydrogens is 538 g/mol. The van der Waals surface area contributed by atoms with E-state index in [4.69, 9.17) is 10.8 Å². The van der Waals surface area contributed by atoms with Crippen LogP contribution in [0.15, 0.2) is 90.4 Å². The summed E-state index contributed by atoms with van der Waals surface area (Å²) in [5.74, 6) is 0. The standard InChI is InChI=1S/C34H37N7O2/c1-25(30-8-6-10-32-31(30)9-7-17-37-32)20-33(39-41(24-42)19-5-3-2-4-16-35)26-11-13-29(14-12-26)38-34(43)40-22-27-15-18-36-21-28(27)23-40/h6-15,17-18,20-21,24H,2-5,16,19,22-23,35H2,1H3,(H,38,43)/b25-20+,39-33+. The van der Waals surface area contributed by atoms with Gasteiger partial charge in [-0.05, 0) is 85.0 Å². The second-order valence-corrected chi connectivity index (χ2v) is 10.7. The van der Waals surface area contributed by atoms with Crippen LogP contribution in [0.1, 0.15) is 54.9 Å². The monoisotopic (exact) mass is 575 g/mol. The molecule has 3 heterocycles. The van der Waals surface area contributed by atoms with E-state index >= 15 is 0 Å². The van der Waals surface area contributed by atoms with Gasteiger partial charge in [0.05, 0.1) is 11.2 Å². The number of nitrogens with zero attached hydrogens (tertiary/aromatic N) is 5. The first kappa shape index (κ1) is 29.6. The Hall–Kier alpha value is -4.89. The van der Waals surface area contributed by atoms with Crippen LogP contribution in [-0.2, 0) is 17.9 Å². The van der Waals surface area contributed by atoms with E-state index in [1.807, 2.05) is 67.7 Å². The Kier molecular flexibility index (Phi) is 9.86. The molecule has 2 aromatic carbocycles. The number of fused-ring (bicyclic) bond motifs is 2. The number of allylic oxidation sites excluding steroid dienone is 2. The van der Waals surface area contributed by atoms with Crippen molar-refractivity contribution in [3.8, 4) is 0 Å². The molecule has 2 aromatic heterocycles. The molecule has 0 unspecified atom stereocenters. The number of hydrazone groups is 1. The third-order valence-corrected chi connectivity index (χ3v) is 7.57. The van der Waals surface area contributed by atoms with Gasteiger partial charge in [-0.2, -0.15) is 5.10 Å². The third-order valence-electron chi connectivity index (χ3n) is 7.57. The molecule has 0 aliphatic carbocycles. The SMILES string of the molecule is C/C(=C\C(=N/N(C=O)CCCCCCN)c1ccc(NC(=O)N2Cc3ccncc3C2)cc1)c1cccc2ncccc12. The number of amides is 3. The summed E-state index contributed by atoms with van der Waals surface area (Å²) >= 11 is 0. The first-order valence-corrected chi connectivity index (χ1v) is 14.7. The van der Waals surface area contributed by atoms with Crippen LogP contribution in [0.4, 0.5) is 10.5 Å². The van der Waals surface area contributed by atoms with Crippen molar-refractivity contribution in [1.29, 1.82) is 0 Å². The molecule has 1 aliphatic rings. The molecule has 220 valence electrons. The molecule has 1 aliphatic heterocycles. The number of nitrogens with two attached hydrogens (primary N) is 1. The number of rotatable bonds is 12. The first-order valence-electron chi connectivity index (χ1n) is 14.7. The normalized spacial score (nSPS) is 13.2. The Morgan fingerprint density at radius 3 is 2.60 bits per heavy atom. The van der Waals surface area contributed by atoms with Crippen LogP contribution in [0.3, 0.4) is 0 Å². The molecule has 9 nitrogen and oxygen atoms in total. The summed E-state index contributed by atoms with van der Waals surface area (Å²) < 4.78 is 0. The van der Waals surface area contributed by atoms with Crippen LogP contribution < -0.4 is 11.1 Å². The number of hydrogen-bond acceptors (Lipinski definition) is 6. The molecular formula is C34H37N7O2. The van der Waals surface area contributed by atoms with Gasteiger partial charge in [-0.3, -0.25) is 14.8 Å². The minimum Gasteiger partial charge on any atom is -0.330 e. The maximum atomic E-state index is 13.0. The molecule has 3 N–H and O–H groups in total. The van der Waals surface area contributed by atoms with Crippen LogP contribution in [0.25, 0.3) is 16.5 Å². The Balaban J connectivity index is 1.38. The minimum atomic E-state index is -0.167. The summed E-state index contributed by atoms with van der Waals surface area (Å²) in [6.07, 6.45) is 11.9. The zero-order valence-corrected chi connectivity index (χ0v) is 24.4. The van der Waals surface area contributed by atoms with E-state index in [1.54, 1.807) is 17.3 Å². The van der Waals surface area contributed by atoms with Gasteiger partial charge in [0.2, 0.25) is 6.41 Å². The highest BCUT2D eigenvalue weighted by molar-refractivity contribution is 6.13. The maximum Gasteiger partial charge on any atom is 0.322 e. The van der Waals surface area contributed by atoms with E-state index in [-0.39, 0.29) is 6.03 Å². The summed E-state index contributed by atoms with van der Waals surface area (Å²) in [5.41, 5.74) is 12.9. The summed E-state index contributed by atoms with van der Waals surface area (Å²) in [6.45, 7) is 4.32. The fourth-order valence-electron chi connectivity index (χ4n) is 5.23. The van der Waals surface area contributed by atoms with Crippen LogP contribution in [0.5, 0.6) is 0 Å². The van der Waals surface area contributed by atoms with Gasteiger partial charge in [0.1, 0.15) is 0 Å². The molecule has 0 saturated heterocycles. The molecule has 0 atom stereocenters. The topological polar surface area (TPSA) is 117 Å². The average molecular weight is 576 g/mol. The second-order valence-electron chi connectivity index (χ2n) is 10.7. The molecule has 43 heavy (non-hydrogen) atoms. The highest BCUT2D eigenvalue weighted by Gasteiger charge is 2.23. The lowest BCUT2D eigenvalue weighted by Gasteiger charge is -2.17.